The molecule has 5 heteroatoms. The first kappa shape index (κ1) is 7.60. The maximum Gasteiger partial charge on any atom is 0.351 e. The fourth-order valence-corrected chi connectivity index (χ4v) is 1.12. The number of phenols is 1. The van der Waals surface area contributed by atoms with E-state index in [0.717, 1.165) is 0 Å². The topological polar surface area (TPSA) is 89.4 Å². The smallest absolute Gasteiger partial charge is 0.351 e. The van der Waals surface area contributed by atoms with E-state index in [1.165, 1.54) is 6.07 Å². The third-order valence-electron chi connectivity index (χ3n) is 1.65. The van der Waals surface area contributed by atoms with E-state index in [2.05, 4.69) is 9.40 Å². The minimum atomic E-state index is -0.680. The zero-order valence-corrected chi connectivity index (χ0v) is 6.52. The zero-order chi connectivity index (χ0) is 9.42. The molecule has 0 aliphatic carbocycles. The van der Waals surface area contributed by atoms with Gasteiger partial charge in [-0.15, -0.1) is 0 Å². The normalized spacial score (nSPS) is 10.5. The van der Waals surface area contributed by atoms with Gasteiger partial charge in [-0.1, -0.05) is 6.07 Å². The fourth-order valence-electron chi connectivity index (χ4n) is 1.12. The molecule has 0 amide bonds. The molecular formula is C8H6N2O3. The largest absolute Gasteiger partial charge is 0.507 e. The van der Waals surface area contributed by atoms with Crippen LogP contribution in [0.2, 0.25) is 0 Å². The second-order valence-corrected chi connectivity index (χ2v) is 2.51. The van der Waals surface area contributed by atoms with Crippen LogP contribution in [0.1, 0.15) is 0 Å². The van der Waals surface area contributed by atoms with Crippen molar-refractivity contribution in [1.29, 1.82) is 0 Å². The van der Waals surface area contributed by atoms with Gasteiger partial charge in [0.2, 0.25) is 0 Å². The van der Waals surface area contributed by atoms with Crippen molar-refractivity contribution in [1.82, 2.24) is 4.98 Å². The summed E-state index contributed by atoms with van der Waals surface area (Å²) in [5.41, 5.74) is 4.86. The van der Waals surface area contributed by atoms with Crippen molar-refractivity contribution in [3.8, 4) is 5.75 Å². The van der Waals surface area contributed by atoms with E-state index in [1.807, 2.05) is 0 Å². The van der Waals surface area contributed by atoms with Crippen molar-refractivity contribution in [2.24, 2.45) is 0 Å². The van der Waals surface area contributed by atoms with Crippen molar-refractivity contribution in [2.75, 3.05) is 5.73 Å². The van der Waals surface area contributed by atoms with E-state index >= 15 is 0 Å². The van der Waals surface area contributed by atoms with Crippen molar-refractivity contribution >= 4 is 16.9 Å². The molecule has 0 fully saturated rings. The lowest BCUT2D eigenvalue weighted by molar-refractivity contribution is 0.473. The van der Waals surface area contributed by atoms with Crippen molar-refractivity contribution in [3.63, 3.8) is 0 Å². The number of nitrogen functional groups attached to an aromatic ring is 1. The Morgan fingerprint density at radius 3 is 3.00 bits per heavy atom. The summed E-state index contributed by atoms with van der Waals surface area (Å²) in [6, 6.07) is 4.33. The van der Waals surface area contributed by atoms with Gasteiger partial charge in [-0.05, 0) is 12.1 Å². The van der Waals surface area contributed by atoms with Crippen LogP contribution in [0.3, 0.4) is 0 Å². The Kier molecular flexibility index (Phi) is 1.45. The third-order valence-corrected chi connectivity index (χ3v) is 1.65. The van der Waals surface area contributed by atoms with Gasteiger partial charge < -0.3 is 15.3 Å². The molecule has 0 saturated heterocycles. The summed E-state index contributed by atoms with van der Waals surface area (Å²) < 4.78 is 4.52. The average molecular weight is 178 g/mol. The van der Waals surface area contributed by atoms with E-state index < -0.39 is 5.63 Å². The van der Waals surface area contributed by atoms with Gasteiger partial charge in [0.05, 0.1) is 5.52 Å². The Balaban J connectivity index is 3.03. The predicted molar refractivity (Wildman–Crippen MR) is 46.4 cm³/mol. The van der Waals surface area contributed by atoms with Crippen LogP contribution in [0.25, 0.3) is 10.9 Å². The van der Waals surface area contributed by atoms with Gasteiger partial charge in [-0.25, -0.2) is 4.79 Å². The number of aromatic nitrogens is 1. The van der Waals surface area contributed by atoms with Crippen LogP contribution >= 0.6 is 0 Å². The Labute approximate surface area is 72.4 Å². The van der Waals surface area contributed by atoms with Gasteiger partial charge in [0.15, 0.2) is 0 Å². The van der Waals surface area contributed by atoms with E-state index in [4.69, 9.17) is 5.73 Å². The number of benzene rings is 1. The highest BCUT2D eigenvalue weighted by Gasteiger charge is 2.07. The maximum atomic E-state index is 11.2. The molecule has 0 atom stereocenters. The van der Waals surface area contributed by atoms with E-state index in [1.54, 1.807) is 12.1 Å². The van der Waals surface area contributed by atoms with Crippen LogP contribution in [-0.2, 0) is 0 Å². The van der Waals surface area contributed by atoms with Crippen LogP contribution in [0.4, 0.5) is 6.01 Å². The molecule has 0 aliphatic heterocycles. The molecule has 1 aromatic carbocycles. The molecule has 3 N–H and O–H groups in total. The molecule has 66 valence electrons. The second kappa shape index (κ2) is 2.48. The number of nitrogens with two attached hydrogens (primary N) is 1. The van der Waals surface area contributed by atoms with Crippen molar-refractivity contribution in [2.45, 2.75) is 0 Å². The van der Waals surface area contributed by atoms with Crippen LogP contribution in [-0.4, -0.2) is 10.1 Å². The standard InChI is InChI=1S/C8H6N2O3/c9-8-10-4-2-1-3-5(11)6(4)7(12)13-8/h1-3,11H,(H2,9,10). The molecule has 1 aromatic heterocycles. The van der Waals surface area contributed by atoms with Gasteiger partial charge in [0.1, 0.15) is 11.1 Å². The molecule has 0 saturated carbocycles. The van der Waals surface area contributed by atoms with Gasteiger partial charge in [-0.2, -0.15) is 4.98 Å². The summed E-state index contributed by atoms with van der Waals surface area (Å²) >= 11 is 0. The molecular weight excluding hydrogens is 172 g/mol. The molecule has 2 rings (SSSR count). The Morgan fingerprint density at radius 1 is 1.46 bits per heavy atom. The number of anilines is 1. The van der Waals surface area contributed by atoms with Gasteiger partial charge in [0.25, 0.3) is 6.01 Å². The first-order chi connectivity index (χ1) is 6.18. The number of phenolic OH excluding ortho intramolecular Hbond substituents is 1. The zero-order valence-electron chi connectivity index (χ0n) is 6.52. The summed E-state index contributed by atoms with van der Waals surface area (Å²) in [4.78, 5) is 14.9. The average Bonchev–Trinajstić information content (AvgIpc) is 2.02. The number of aromatic hydroxyl groups is 1. The Morgan fingerprint density at radius 2 is 2.23 bits per heavy atom. The Bertz CT molecular complexity index is 518. The lowest BCUT2D eigenvalue weighted by atomic mass is 10.2. The summed E-state index contributed by atoms with van der Waals surface area (Å²) in [6.45, 7) is 0. The number of fused-ring (bicyclic) bond motifs is 1. The quantitative estimate of drug-likeness (QED) is 0.612. The number of hydrogen-bond acceptors (Lipinski definition) is 5. The van der Waals surface area contributed by atoms with Crippen LogP contribution in [0.5, 0.6) is 5.75 Å². The Hall–Kier alpha value is -2.04. The van der Waals surface area contributed by atoms with Gasteiger partial charge in [-0.3, -0.25) is 0 Å². The SMILES string of the molecule is Nc1nc2cccc(O)c2c(=O)o1. The van der Waals surface area contributed by atoms with Crippen molar-refractivity contribution < 1.29 is 9.52 Å². The lowest BCUT2D eigenvalue weighted by Gasteiger charge is -1.97. The predicted octanol–water partition coefficient (Wildman–Crippen LogP) is 0.476. The molecule has 0 radical (unpaired) electrons. The van der Waals surface area contributed by atoms with Crippen LogP contribution in [0.15, 0.2) is 27.4 Å². The lowest BCUT2D eigenvalue weighted by Crippen LogP contribution is -2.04. The molecule has 0 bridgehead atoms. The van der Waals surface area contributed by atoms with Crippen LogP contribution < -0.4 is 11.4 Å². The van der Waals surface area contributed by atoms with E-state index in [0.29, 0.717) is 5.52 Å². The minimum Gasteiger partial charge on any atom is -0.507 e. The highest BCUT2D eigenvalue weighted by atomic mass is 16.4. The van der Waals surface area contributed by atoms with E-state index in [9.17, 15) is 9.90 Å². The molecule has 13 heavy (non-hydrogen) atoms. The summed E-state index contributed by atoms with van der Waals surface area (Å²) in [7, 11) is 0. The second-order valence-electron chi connectivity index (χ2n) is 2.51. The van der Waals surface area contributed by atoms with Gasteiger partial charge in [0, 0.05) is 0 Å². The molecule has 0 aliphatic rings. The summed E-state index contributed by atoms with van der Waals surface area (Å²) in [5.74, 6) is -0.154. The van der Waals surface area contributed by atoms with Gasteiger partial charge >= 0.3 is 5.63 Å². The molecule has 0 spiro atoms. The number of rotatable bonds is 0. The first-order valence-corrected chi connectivity index (χ1v) is 3.57. The monoisotopic (exact) mass is 178 g/mol. The first-order valence-electron chi connectivity index (χ1n) is 3.57. The van der Waals surface area contributed by atoms with Crippen LogP contribution in [0, 0.1) is 0 Å². The molecule has 5 nitrogen and oxygen atoms in total. The molecule has 1 heterocycles. The number of nitrogens with zero attached hydrogens (tertiary/aromatic N) is 1. The minimum absolute atomic E-state index is 0.0525. The number of hydrogen-bond donors (Lipinski definition) is 2. The molecule has 0 unspecified atom stereocenters. The summed E-state index contributed by atoms with van der Waals surface area (Å²) in [5, 5.41) is 9.35. The highest BCUT2D eigenvalue weighted by Crippen LogP contribution is 2.19. The maximum absolute atomic E-state index is 11.2. The van der Waals surface area contributed by atoms with E-state index in [-0.39, 0.29) is 17.2 Å². The highest BCUT2D eigenvalue weighted by molar-refractivity contribution is 5.83. The fraction of sp³-hybridized carbons (Fsp3) is 0. The molecule has 2 aromatic rings. The van der Waals surface area contributed by atoms with Crippen molar-refractivity contribution in [3.05, 3.63) is 28.6 Å². The third kappa shape index (κ3) is 1.10. The summed E-state index contributed by atoms with van der Waals surface area (Å²) in [6.07, 6.45) is 0.